The lowest BCUT2D eigenvalue weighted by atomic mass is 10.1. The summed E-state index contributed by atoms with van der Waals surface area (Å²) in [6.07, 6.45) is 0. The SMILES string of the molecule is Cc1cc(-c2nc3ccc(N)cc3s2)ccc1N. The van der Waals surface area contributed by atoms with Gasteiger partial charge in [0.2, 0.25) is 0 Å². The van der Waals surface area contributed by atoms with Crippen molar-refractivity contribution in [3.05, 3.63) is 42.0 Å². The molecule has 0 spiro atoms. The number of aromatic nitrogens is 1. The van der Waals surface area contributed by atoms with Crippen LogP contribution in [0.3, 0.4) is 0 Å². The Hall–Kier alpha value is -2.07. The fraction of sp³-hybridized carbons (Fsp3) is 0.0714. The number of anilines is 2. The van der Waals surface area contributed by atoms with Crippen molar-refractivity contribution < 1.29 is 0 Å². The molecule has 0 saturated carbocycles. The van der Waals surface area contributed by atoms with Gasteiger partial charge in [0.15, 0.2) is 0 Å². The van der Waals surface area contributed by atoms with Crippen molar-refractivity contribution in [3.63, 3.8) is 0 Å². The average Bonchev–Trinajstić information content (AvgIpc) is 2.75. The molecule has 1 heterocycles. The zero-order chi connectivity index (χ0) is 12.7. The molecule has 0 atom stereocenters. The van der Waals surface area contributed by atoms with E-state index in [4.69, 9.17) is 11.5 Å². The van der Waals surface area contributed by atoms with E-state index < -0.39 is 0 Å². The average molecular weight is 255 g/mol. The van der Waals surface area contributed by atoms with Gasteiger partial charge in [-0.1, -0.05) is 0 Å². The number of aryl methyl sites for hydroxylation is 1. The van der Waals surface area contributed by atoms with E-state index in [1.54, 1.807) is 11.3 Å². The maximum absolute atomic E-state index is 5.83. The Labute approximate surface area is 109 Å². The van der Waals surface area contributed by atoms with E-state index in [1.165, 1.54) is 0 Å². The second kappa shape index (κ2) is 3.99. The molecule has 3 aromatic rings. The zero-order valence-corrected chi connectivity index (χ0v) is 10.8. The molecule has 0 amide bonds. The Morgan fingerprint density at radius 1 is 1.06 bits per heavy atom. The Kier molecular flexibility index (Phi) is 2.45. The van der Waals surface area contributed by atoms with Gasteiger partial charge in [-0.3, -0.25) is 0 Å². The van der Waals surface area contributed by atoms with Crippen LogP contribution in [0.2, 0.25) is 0 Å². The van der Waals surface area contributed by atoms with Gasteiger partial charge in [0, 0.05) is 16.9 Å². The lowest BCUT2D eigenvalue weighted by Gasteiger charge is -2.01. The van der Waals surface area contributed by atoms with Crippen LogP contribution in [0.1, 0.15) is 5.56 Å². The molecule has 4 N–H and O–H groups in total. The monoisotopic (exact) mass is 255 g/mol. The number of nitrogen functional groups attached to an aromatic ring is 2. The van der Waals surface area contributed by atoms with Crippen molar-refractivity contribution in [2.24, 2.45) is 0 Å². The summed E-state index contributed by atoms with van der Waals surface area (Å²) in [4.78, 5) is 4.62. The van der Waals surface area contributed by atoms with E-state index in [0.717, 1.165) is 37.7 Å². The number of hydrogen-bond acceptors (Lipinski definition) is 4. The molecule has 0 saturated heterocycles. The molecule has 4 heteroatoms. The first-order chi connectivity index (χ1) is 8.63. The van der Waals surface area contributed by atoms with Gasteiger partial charge in [-0.05, 0) is 48.9 Å². The van der Waals surface area contributed by atoms with Crippen LogP contribution in [-0.2, 0) is 0 Å². The van der Waals surface area contributed by atoms with Crippen LogP contribution in [0.25, 0.3) is 20.8 Å². The van der Waals surface area contributed by atoms with Crippen molar-refractivity contribution in [2.75, 3.05) is 11.5 Å². The fourth-order valence-corrected chi connectivity index (χ4v) is 2.88. The van der Waals surface area contributed by atoms with Crippen LogP contribution in [0.5, 0.6) is 0 Å². The number of hydrogen-bond donors (Lipinski definition) is 2. The summed E-state index contributed by atoms with van der Waals surface area (Å²) >= 11 is 1.65. The van der Waals surface area contributed by atoms with Crippen molar-refractivity contribution in [3.8, 4) is 10.6 Å². The van der Waals surface area contributed by atoms with Crippen LogP contribution < -0.4 is 11.5 Å². The maximum Gasteiger partial charge on any atom is 0.124 e. The highest BCUT2D eigenvalue weighted by atomic mass is 32.1. The second-order valence-corrected chi connectivity index (χ2v) is 5.35. The molecule has 0 fully saturated rings. The molecule has 90 valence electrons. The van der Waals surface area contributed by atoms with Crippen molar-refractivity contribution in [1.82, 2.24) is 4.98 Å². The second-order valence-electron chi connectivity index (χ2n) is 4.32. The molecule has 2 aromatic carbocycles. The summed E-state index contributed by atoms with van der Waals surface area (Å²) in [6, 6.07) is 11.8. The largest absolute Gasteiger partial charge is 0.399 e. The molecule has 1 aromatic heterocycles. The number of rotatable bonds is 1. The third-order valence-corrected chi connectivity index (χ3v) is 4.00. The third-order valence-electron chi connectivity index (χ3n) is 2.93. The molecular formula is C14H13N3S. The van der Waals surface area contributed by atoms with E-state index in [0.29, 0.717) is 0 Å². The molecular weight excluding hydrogens is 242 g/mol. The molecule has 0 aliphatic heterocycles. The van der Waals surface area contributed by atoms with Crippen LogP contribution in [0.15, 0.2) is 36.4 Å². The predicted molar refractivity (Wildman–Crippen MR) is 78.6 cm³/mol. The van der Waals surface area contributed by atoms with Gasteiger partial charge in [-0.25, -0.2) is 4.98 Å². The first-order valence-corrected chi connectivity index (χ1v) is 6.48. The number of nitrogens with zero attached hydrogens (tertiary/aromatic N) is 1. The van der Waals surface area contributed by atoms with Gasteiger partial charge in [-0.2, -0.15) is 0 Å². The smallest absolute Gasteiger partial charge is 0.124 e. The van der Waals surface area contributed by atoms with Crippen LogP contribution >= 0.6 is 11.3 Å². The van der Waals surface area contributed by atoms with E-state index in [9.17, 15) is 0 Å². The molecule has 0 aliphatic carbocycles. The van der Waals surface area contributed by atoms with E-state index in [2.05, 4.69) is 11.1 Å². The van der Waals surface area contributed by atoms with Crippen molar-refractivity contribution >= 4 is 32.9 Å². The Bertz CT molecular complexity index is 731. The third kappa shape index (κ3) is 1.80. The highest BCUT2D eigenvalue weighted by Crippen LogP contribution is 2.32. The molecule has 0 bridgehead atoms. The number of benzene rings is 2. The maximum atomic E-state index is 5.83. The highest BCUT2D eigenvalue weighted by molar-refractivity contribution is 7.21. The highest BCUT2D eigenvalue weighted by Gasteiger charge is 2.07. The molecule has 18 heavy (non-hydrogen) atoms. The first kappa shape index (κ1) is 11.0. The Morgan fingerprint density at radius 3 is 2.67 bits per heavy atom. The minimum Gasteiger partial charge on any atom is -0.399 e. The van der Waals surface area contributed by atoms with Gasteiger partial charge < -0.3 is 11.5 Å². The van der Waals surface area contributed by atoms with Crippen molar-refractivity contribution in [2.45, 2.75) is 6.92 Å². The summed E-state index contributed by atoms with van der Waals surface area (Å²) in [5.41, 5.74) is 16.3. The Balaban J connectivity index is 2.16. The minimum absolute atomic E-state index is 0.770. The first-order valence-electron chi connectivity index (χ1n) is 5.66. The fourth-order valence-electron chi connectivity index (χ4n) is 1.87. The van der Waals surface area contributed by atoms with Gasteiger partial charge >= 0.3 is 0 Å². The van der Waals surface area contributed by atoms with Crippen molar-refractivity contribution in [1.29, 1.82) is 0 Å². The quantitative estimate of drug-likeness (QED) is 0.655. The number of nitrogens with two attached hydrogens (primary N) is 2. The van der Waals surface area contributed by atoms with Gasteiger partial charge in [0.1, 0.15) is 5.01 Å². The molecule has 0 aliphatic rings. The predicted octanol–water partition coefficient (Wildman–Crippen LogP) is 3.44. The van der Waals surface area contributed by atoms with Gasteiger partial charge in [0.25, 0.3) is 0 Å². The summed E-state index contributed by atoms with van der Waals surface area (Å²) in [7, 11) is 0. The zero-order valence-electron chi connectivity index (χ0n) is 9.97. The number of fused-ring (bicyclic) bond motifs is 1. The van der Waals surface area contributed by atoms with E-state index in [1.807, 2.05) is 37.3 Å². The molecule has 0 radical (unpaired) electrons. The molecule has 3 nitrogen and oxygen atoms in total. The van der Waals surface area contributed by atoms with Gasteiger partial charge in [-0.15, -0.1) is 11.3 Å². The van der Waals surface area contributed by atoms with E-state index >= 15 is 0 Å². The minimum atomic E-state index is 0.770. The summed E-state index contributed by atoms with van der Waals surface area (Å²) in [5, 5.41) is 0.999. The summed E-state index contributed by atoms with van der Waals surface area (Å²) in [5.74, 6) is 0. The standard InChI is InChI=1S/C14H13N3S/c1-8-6-9(2-4-11(8)16)14-17-12-5-3-10(15)7-13(12)18-14/h2-7H,15-16H2,1H3. The number of thiazole rings is 1. The lowest BCUT2D eigenvalue weighted by molar-refractivity contribution is 1.43. The van der Waals surface area contributed by atoms with E-state index in [-0.39, 0.29) is 0 Å². The van der Waals surface area contributed by atoms with Gasteiger partial charge in [0.05, 0.1) is 10.2 Å². The van der Waals surface area contributed by atoms with Crippen LogP contribution in [-0.4, -0.2) is 4.98 Å². The summed E-state index contributed by atoms with van der Waals surface area (Å²) in [6.45, 7) is 2.00. The summed E-state index contributed by atoms with van der Waals surface area (Å²) < 4.78 is 1.11. The lowest BCUT2D eigenvalue weighted by Crippen LogP contribution is -1.89. The molecule has 3 rings (SSSR count). The Morgan fingerprint density at radius 2 is 1.89 bits per heavy atom. The normalized spacial score (nSPS) is 10.9. The molecule has 0 unspecified atom stereocenters. The van der Waals surface area contributed by atoms with Crippen LogP contribution in [0, 0.1) is 6.92 Å². The topological polar surface area (TPSA) is 64.9 Å². The van der Waals surface area contributed by atoms with Crippen LogP contribution in [0.4, 0.5) is 11.4 Å².